The van der Waals surface area contributed by atoms with Gasteiger partial charge in [0.1, 0.15) is 0 Å². The van der Waals surface area contributed by atoms with E-state index >= 15 is 0 Å². The van der Waals surface area contributed by atoms with Crippen LogP contribution >= 0.6 is 0 Å². The second kappa shape index (κ2) is 6.98. The van der Waals surface area contributed by atoms with E-state index in [9.17, 15) is 0 Å². The first-order chi connectivity index (χ1) is 9.75. The van der Waals surface area contributed by atoms with Crippen molar-refractivity contribution < 1.29 is 0 Å². The van der Waals surface area contributed by atoms with Crippen molar-refractivity contribution in [2.45, 2.75) is 13.5 Å². The van der Waals surface area contributed by atoms with Gasteiger partial charge in [-0.3, -0.25) is 9.97 Å². The summed E-state index contributed by atoms with van der Waals surface area (Å²) in [5.41, 5.74) is 10.8. The summed E-state index contributed by atoms with van der Waals surface area (Å²) in [5, 5.41) is 4.13. The number of nitrogens with two attached hydrogens (primary N) is 1. The fourth-order valence-corrected chi connectivity index (χ4v) is 1.47. The molecule has 20 heavy (non-hydrogen) atoms. The predicted molar refractivity (Wildman–Crippen MR) is 79.1 cm³/mol. The molecule has 0 radical (unpaired) electrons. The molecule has 3 N–H and O–H groups in total. The average molecular weight is 268 g/mol. The molecule has 0 spiro atoms. The van der Waals surface area contributed by atoms with Gasteiger partial charge >= 0.3 is 0 Å². The van der Waals surface area contributed by atoms with Gasteiger partial charge in [-0.2, -0.15) is 5.10 Å². The Balaban J connectivity index is 1.93. The molecule has 2 aromatic heterocycles. The van der Waals surface area contributed by atoms with Crippen LogP contribution in [0.15, 0.2) is 58.9 Å². The van der Waals surface area contributed by atoms with E-state index in [1.807, 2.05) is 43.3 Å². The molecule has 0 unspecified atom stereocenters. The summed E-state index contributed by atoms with van der Waals surface area (Å²) in [6.45, 7) is 2.26. The highest BCUT2D eigenvalue weighted by atomic mass is 15.4. The Morgan fingerprint density at radius 2 is 1.90 bits per heavy atom. The van der Waals surface area contributed by atoms with Crippen molar-refractivity contribution >= 4 is 11.7 Å². The van der Waals surface area contributed by atoms with Crippen LogP contribution in [-0.4, -0.2) is 21.6 Å². The summed E-state index contributed by atoms with van der Waals surface area (Å²) in [6, 6.07) is 11.3. The zero-order valence-corrected chi connectivity index (χ0v) is 11.2. The number of guanidine groups is 1. The van der Waals surface area contributed by atoms with Crippen molar-refractivity contribution in [3.05, 3.63) is 60.2 Å². The van der Waals surface area contributed by atoms with E-state index in [0.717, 1.165) is 17.1 Å². The normalized spacial score (nSPS) is 12.2. The molecule has 0 bridgehead atoms. The fourth-order valence-electron chi connectivity index (χ4n) is 1.47. The van der Waals surface area contributed by atoms with Crippen LogP contribution in [0.5, 0.6) is 0 Å². The summed E-state index contributed by atoms with van der Waals surface area (Å²) in [7, 11) is 0. The molecule has 0 aliphatic heterocycles. The first kappa shape index (κ1) is 13.7. The predicted octanol–water partition coefficient (Wildman–Crippen LogP) is 1.31. The maximum atomic E-state index is 5.73. The summed E-state index contributed by atoms with van der Waals surface area (Å²) in [5.74, 6) is 0.242. The van der Waals surface area contributed by atoms with Gasteiger partial charge in [0.2, 0.25) is 5.96 Å². The third-order valence-electron chi connectivity index (χ3n) is 2.51. The Kier molecular flexibility index (Phi) is 4.77. The summed E-state index contributed by atoms with van der Waals surface area (Å²) >= 11 is 0. The minimum atomic E-state index is 0.242. The molecule has 0 fully saturated rings. The molecule has 0 aliphatic rings. The first-order valence-corrected chi connectivity index (χ1v) is 6.17. The van der Waals surface area contributed by atoms with Crippen molar-refractivity contribution in [1.82, 2.24) is 15.4 Å². The minimum Gasteiger partial charge on any atom is -0.369 e. The molecule has 2 rings (SSSR count). The van der Waals surface area contributed by atoms with E-state index in [4.69, 9.17) is 5.73 Å². The van der Waals surface area contributed by atoms with Gasteiger partial charge in [0, 0.05) is 12.4 Å². The molecule has 6 nitrogen and oxygen atoms in total. The maximum Gasteiger partial charge on any atom is 0.209 e. The lowest BCUT2D eigenvalue weighted by Crippen LogP contribution is -2.28. The standard InChI is InChI=1S/C14H16N6/c1-11(13-7-3-5-9-17-13)19-20-14(15)18-10-12-6-2-4-8-16-12/h2-9H,10H2,1H3,(H3,15,18,20). The third-order valence-corrected chi connectivity index (χ3v) is 2.51. The number of aromatic nitrogens is 2. The molecule has 102 valence electrons. The molecular weight excluding hydrogens is 252 g/mol. The Hall–Kier alpha value is -2.76. The van der Waals surface area contributed by atoms with Crippen molar-refractivity contribution in [2.75, 3.05) is 0 Å². The summed E-state index contributed by atoms with van der Waals surface area (Å²) in [6.07, 6.45) is 3.44. The Bertz CT molecular complexity index is 592. The third kappa shape index (κ3) is 4.16. The smallest absolute Gasteiger partial charge is 0.209 e. The molecule has 6 heteroatoms. The Labute approximate surface area is 117 Å². The average Bonchev–Trinajstić information content (AvgIpc) is 2.52. The lowest BCUT2D eigenvalue weighted by molar-refractivity contribution is 0.931. The van der Waals surface area contributed by atoms with Crippen LogP contribution in [0.2, 0.25) is 0 Å². The molecule has 0 amide bonds. The molecular formula is C14H16N6. The molecule has 0 saturated carbocycles. The Morgan fingerprint density at radius 3 is 2.55 bits per heavy atom. The van der Waals surface area contributed by atoms with Gasteiger partial charge in [0.05, 0.1) is 23.6 Å². The monoisotopic (exact) mass is 268 g/mol. The van der Waals surface area contributed by atoms with E-state index < -0.39 is 0 Å². The molecule has 2 aromatic rings. The maximum absolute atomic E-state index is 5.73. The SMILES string of the molecule is CC(=NNC(N)=NCc1ccccn1)c1ccccn1. The Morgan fingerprint density at radius 1 is 1.15 bits per heavy atom. The second-order valence-corrected chi connectivity index (χ2v) is 4.05. The number of hydrogen-bond donors (Lipinski definition) is 2. The molecule has 0 aliphatic carbocycles. The number of hydrazone groups is 1. The van der Waals surface area contributed by atoms with Crippen LogP contribution in [-0.2, 0) is 6.54 Å². The van der Waals surface area contributed by atoms with Crippen LogP contribution in [0.1, 0.15) is 18.3 Å². The second-order valence-electron chi connectivity index (χ2n) is 4.05. The number of pyridine rings is 2. The van der Waals surface area contributed by atoms with E-state index in [1.54, 1.807) is 12.4 Å². The van der Waals surface area contributed by atoms with Crippen molar-refractivity contribution in [2.24, 2.45) is 15.8 Å². The van der Waals surface area contributed by atoms with Gasteiger partial charge in [-0.05, 0) is 31.2 Å². The van der Waals surface area contributed by atoms with Gasteiger partial charge in [0.15, 0.2) is 0 Å². The largest absolute Gasteiger partial charge is 0.369 e. The van der Waals surface area contributed by atoms with Gasteiger partial charge < -0.3 is 5.73 Å². The van der Waals surface area contributed by atoms with Crippen LogP contribution in [0.25, 0.3) is 0 Å². The number of hydrogen-bond acceptors (Lipinski definition) is 4. The fraction of sp³-hybridized carbons (Fsp3) is 0.143. The van der Waals surface area contributed by atoms with E-state index in [2.05, 4.69) is 25.5 Å². The quantitative estimate of drug-likeness (QED) is 0.497. The molecule has 0 saturated heterocycles. The lowest BCUT2D eigenvalue weighted by atomic mass is 10.3. The number of nitrogens with one attached hydrogen (secondary N) is 1. The number of nitrogens with zero attached hydrogens (tertiary/aromatic N) is 4. The van der Waals surface area contributed by atoms with Gasteiger partial charge in [0.25, 0.3) is 0 Å². The van der Waals surface area contributed by atoms with Gasteiger partial charge in [-0.25, -0.2) is 10.4 Å². The zero-order valence-electron chi connectivity index (χ0n) is 11.2. The minimum absolute atomic E-state index is 0.242. The number of rotatable bonds is 4. The van der Waals surface area contributed by atoms with Crippen LogP contribution in [0.3, 0.4) is 0 Å². The van der Waals surface area contributed by atoms with Crippen LogP contribution in [0.4, 0.5) is 0 Å². The van der Waals surface area contributed by atoms with Crippen molar-refractivity contribution in [3.63, 3.8) is 0 Å². The van der Waals surface area contributed by atoms with Crippen LogP contribution < -0.4 is 11.2 Å². The lowest BCUT2D eigenvalue weighted by Gasteiger charge is -2.02. The van der Waals surface area contributed by atoms with Crippen molar-refractivity contribution in [3.8, 4) is 0 Å². The molecule has 0 aromatic carbocycles. The zero-order chi connectivity index (χ0) is 14.2. The van der Waals surface area contributed by atoms with E-state index in [1.165, 1.54) is 0 Å². The number of aliphatic imine (C=N–C) groups is 1. The highest BCUT2D eigenvalue weighted by Crippen LogP contribution is 1.96. The van der Waals surface area contributed by atoms with Crippen molar-refractivity contribution in [1.29, 1.82) is 0 Å². The summed E-state index contributed by atoms with van der Waals surface area (Å²) in [4.78, 5) is 12.5. The topological polar surface area (TPSA) is 88.5 Å². The molecule has 0 atom stereocenters. The van der Waals surface area contributed by atoms with Gasteiger partial charge in [-0.1, -0.05) is 12.1 Å². The van der Waals surface area contributed by atoms with E-state index in [0.29, 0.717) is 6.54 Å². The highest BCUT2D eigenvalue weighted by Gasteiger charge is 1.97. The van der Waals surface area contributed by atoms with Crippen LogP contribution in [0, 0.1) is 0 Å². The first-order valence-electron chi connectivity index (χ1n) is 6.17. The highest BCUT2D eigenvalue weighted by molar-refractivity contribution is 5.97. The summed E-state index contributed by atoms with van der Waals surface area (Å²) < 4.78 is 0. The molecule has 2 heterocycles. The van der Waals surface area contributed by atoms with Gasteiger partial charge in [-0.15, -0.1) is 0 Å². The van der Waals surface area contributed by atoms with E-state index in [-0.39, 0.29) is 5.96 Å².